The van der Waals surface area contributed by atoms with Gasteiger partial charge in [-0.2, -0.15) is 0 Å². The van der Waals surface area contributed by atoms with E-state index in [1.165, 1.54) is 0 Å². The Morgan fingerprint density at radius 1 is 1.19 bits per heavy atom. The smallest absolute Gasteiger partial charge is 0.270 e. The number of halogens is 1. The molecule has 136 valence electrons. The number of anilines is 2. The van der Waals surface area contributed by atoms with Crippen LogP contribution in [0.1, 0.15) is 20.3 Å². The predicted octanol–water partition coefficient (Wildman–Crippen LogP) is 3.90. The van der Waals surface area contributed by atoms with E-state index in [9.17, 15) is 9.59 Å². The molecule has 0 saturated heterocycles. The zero-order valence-electron chi connectivity index (χ0n) is 15.0. The minimum Gasteiger partial charge on any atom is -0.476 e. The van der Waals surface area contributed by atoms with E-state index in [2.05, 4.69) is 0 Å². The van der Waals surface area contributed by atoms with Crippen LogP contribution >= 0.6 is 11.6 Å². The van der Waals surface area contributed by atoms with E-state index >= 15 is 0 Å². The van der Waals surface area contributed by atoms with E-state index in [0.717, 1.165) is 5.69 Å². The number of hydrogen-bond donors (Lipinski definition) is 0. The highest BCUT2D eigenvalue weighted by Gasteiger charge is 2.41. The molecule has 6 heteroatoms. The van der Waals surface area contributed by atoms with Crippen molar-refractivity contribution >= 4 is 34.8 Å². The lowest BCUT2D eigenvalue weighted by molar-refractivity contribution is -0.132. The summed E-state index contributed by atoms with van der Waals surface area (Å²) in [6.45, 7) is 3.70. The van der Waals surface area contributed by atoms with Gasteiger partial charge in [0.25, 0.3) is 5.91 Å². The van der Waals surface area contributed by atoms with Crippen molar-refractivity contribution < 1.29 is 14.3 Å². The van der Waals surface area contributed by atoms with E-state index in [-0.39, 0.29) is 24.8 Å². The molecule has 3 rings (SSSR count). The number of hydrogen-bond acceptors (Lipinski definition) is 3. The summed E-state index contributed by atoms with van der Waals surface area (Å²) in [4.78, 5) is 28.5. The minimum absolute atomic E-state index is 0.0723. The van der Waals surface area contributed by atoms with Crippen molar-refractivity contribution in [1.29, 1.82) is 0 Å². The quantitative estimate of drug-likeness (QED) is 0.817. The largest absolute Gasteiger partial charge is 0.476 e. The molecule has 0 radical (unpaired) electrons. The maximum absolute atomic E-state index is 12.8. The van der Waals surface area contributed by atoms with Gasteiger partial charge in [-0.15, -0.1) is 0 Å². The molecule has 2 amide bonds. The third kappa shape index (κ3) is 3.53. The summed E-state index contributed by atoms with van der Waals surface area (Å²) in [6.07, 6.45) is 0.194. The summed E-state index contributed by atoms with van der Waals surface area (Å²) < 4.78 is 5.80. The zero-order chi connectivity index (χ0) is 18.9. The van der Waals surface area contributed by atoms with Crippen LogP contribution in [0.5, 0.6) is 5.75 Å². The molecule has 0 aromatic heterocycles. The highest BCUT2D eigenvalue weighted by atomic mass is 35.5. The molecular weight excluding hydrogens is 352 g/mol. The first-order chi connectivity index (χ1) is 12.3. The van der Waals surface area contributed by atoms with Crippen LogP contribution < -0.4 is 14.5 Å². The Kier molecular flexibility index (Phi) is 4.92. The number of para-hydroxylation sites is 1. The molecule has 2 aromatic rings. The van der Waals surface area contributed by atoms with Gasteiger partial charge in [-0.3, -0.25) is 9.59 Å². The lowest BCUT2D eigenvalue weighted by Gasteiger charge is -2.39. The summed E-state index contributed by atoms with van der Waals surface area (Å²) >= 11 is 6.09. The lowest BCUT2D eigenvalue weighted by atomic mass is 10.0. The van der Waals surface area contributed by atoms with Crippen LogP contribution in [0.15, 0.2) is 48.5 Å². The highest BCUT2D eigenvalue weighted by molar-refractivity contribution is 6.31. The number of rotatable bonds is 4. The number of carbonyl (C=O) groups is 2. The Hall–Kier alpha value is -2.53. The predicted molar refractivity (Wildman–Crippen MR) is 103 cm³/mol. The fourth-order valence-corrected chi connectivity index (χ4v) is 3.10. The van der Waals surface area contributed by atoms with E-state index in [4.69, 9.17) is 16.3 Å². The molecule has 1 aliphatic rings. The molecular formula is C20H21ClN2O3. The first-order valence-corrected chi connectivity index (χ1v) is 8.79. The maximum Gasteiger partial charge on any atom is 0.270 e. The fourth-order valence-electron chi connectivity index (χ4n) is 2.93. The SMILES string of the molecule is CN(C(=O)CCN1C(=O)C(C)(C)Oc2ccc(Cl)cc21)c1ccccc1. The summed E-state index contributed by atoms with van der Waals surface area (Å²) in [7, 11) is 1.73. The Morgan fingerprint density at radius 3 is 2.58 bits per heavy atom. The average Bonchev–Trinajstić information content (AvgIpc) is 2.62. The monoisotopic (exact) mass is 372 g/mol. The second kappa shape index (κ2) is 7.00. The first kappa shape index (κ1) is 18.3. The Morgan fingerprint density at radius 2 is 1.88 bits per heavy atom. The number of amides is 2. The molecule has 0 saturated carbocycles. The lowest BCUT2D eigenvalue weighted by Crippen LogP contribution is -2.53. The fraction of sp³-hybridized carbons (Fsp3) is 0.300. The maximum atomic E-state index is 12.8. The number of fused-ring (bicyclic) bond motifs is 1. The van der Waals surface area contributed by atoms with Crippen LogP contribution in [-0.4, -0.2) is 31.0 Å². The topological polar surface area (TPSA) is 49.9 Å². The van der Waals surface area contributed by atoms with Crippen LogP contribution in [0.4, 0.5) is 11.4 Å². The van der Waals surface area contributed by atoms with Crippen LogP contribution in [0, 0.1) is 0 Å². The van der Waals surface area contributed by atoms with Crippen molar-refractivity contribution in [2.45, 2.75) is 25.9 Å². The van der Waals surface area contributed by atoms with Gasteiger partial charge < -0.3 is 14.5 Å². The molecule has 0 bridgehead atoms. The van der Waals surface area contributed by atoms with Crippen LogP contribution in [-0.2, 0) is 9.59 Å². The van der Waals surface area contributed by atoms with Crippen molar-refractivity contribution in [2.75, 3.05) is 23.4 Å². The highest BCUT2D eigenvalue weighted by Crippen LogP contribution is 2.39. The van der Waals surface area contributed by atoms with Crippen molar-refractivity contribution in [3.05, 3.63) is 53.6 Å². The number of benzene rings is 2. The standard InChI is InChI=1S/C20H21ClN2O3/c1-20(2)19(25)23(16-13-14(21)9-10-17(16)26-20)12-11-18(24)22(3)15-7-5-4-6-8-15/h4-10,13H,11-12H2,1-3H3. The van der Waals surface area contributed by atoms with E-state index < -0.39 is 5.60 Å². The van der Waals surface area contributed by atoms with Gasteiger partial charge in [-0.05, 0) is 44.2 Å². The van der Waals surface area contributed by atoms with Crippen LogP contribution in [0.25, 0.3) is 0 Å². The molecule has 1 heterocycles. The Labute approximate surface area is 158 Å². The van der Waals surface area contributed by atoms with Crippen molar-refractivity contribution in [1.82, 2.24) is 0 Å². The number of ether oxygens (including phenoxy) is 1. The first-order valence-electron chi connectivity index (χ1n) is 8.42. The molecule has 0 spiro atoms. The second-order valence-electron chi connectivity index (χ2n) is 6.72. The van der Waals surface area contributed by atoms with Gasteiger partial charge in [0, 0.05) is 30.7 Å². The van der Waals surface area contributed by atoms with Crippen molar-refractivity contribution in [2.24, 2.45) is 0 Å². The van der Waals surface area contributed by atoms with E-state index in [1.807, 2.05) is 30.3 Å². The summed E-state index contributed by atoms with van der Waals surface area (Å²) in [6, 6.07) is 14.6. The molecule has 0 fully saturated rings. The van der Waals surface area contributed by atoms with Crippen molar-refractivity contribution in [3.8, 4) is 5.75 Å². The number of carbonyl (C=O) groups excluding carboxylic acids is 2. The molecule has 0 N–H and O–H groups in total. The molecule has 0 aliphatic carbocycles. The molecule has 5 nitrogen and oxygen atoms in total. The number of nitrogens with zero attached hydrogens (tertiary/aromatic N) is 2. The van der Waals surface area contributed by atoms with Crippen LogP contribution in [0.3, 0.4) is 0 Å². The molecule has 0 atom stereocenters. The summed E-state index contributed by atoms with van der Waals surface area (Å²) in [5.74, 6) is 0.321. The molecule has 2 aromatic carbocycles. The normalized spacial score (nSPS) is 15.2. The third-order valence-electron chi connectivity index (χ3n) is 4.40. The van der Waals surface area contributed by atoms with Gasteiger partial charge in [-0.25, -0.2) is 0 Å². The van der Waals surface area contributed by atoms with Gasteiger partial charge in [0.15, 0.2) is 5.60 Å². The molecule has 26 heavy (non-hydrogen) atoms. The van der Waals surface area contributed by atoms with E-state index in [0.29, 0.717) is 16.5 Å². The Balaban J connectivity index is 1.79. The van der Waals surface area contributed by atoms with Gasteiger partial charge in [0.1, 0.15) is 5.75 Å². The Bertz CT molecular complexity index is 836. The minimum atomic E-state index is -0.991. The summed E-state index contributed by atoms with van der Waals surface area (Å²) in [5.41, 5.74) is 0.418. The van der Waals surface area contributed by atoms with Crippen LogP contribution in [0.2, 0.25) is 5.02 Å². The van der Waals surface area contributed by atoms with Gasteiger partial charge in [0.2, 0.25) is 5.91 Å². The molecule has 1 aliphatic heterocycles. The second-order valence-corrected chi connectivity index (χ2v) is 7.16. The zero-order valence-corrected chi connectivity index (χ0v) is 15.8. The summed E-state index contributed by atoms with van der Waals surface area (Å²) in [5, 5.41) is 0.512. The van der Waals surface area contributed by atoms with Crippen molar-refractivity contribution in [3.63, 3.8) is 0 Å². The van der Waals surface area contributed by atoms with Gasteiger partial charge in [-0.1, -0.05) is 29.8 Å². The molecule has 0 unspecified atom stereocenters. The third-order valence-corrected chi connectivity index (χ3v) is 4.64. The van der Waals surface area contributed by atoms with Gasteiger partial charge in [0.05, 0.1) is 5.69 Å². The van der Waals surface area contributed by atoms with E-state index in [1.54, 1.807) is 48.9 Å². The van der Waals surface area contributed by atoms with Gasteiger partial charge >= 0.3 is 0 Å². The average molecular weight is 373 g/mol.